The van der Waals surface area contributed by atoms with Crippen molar-refractivity contribution < 1.29 is 4.39 Å². The van der Waals surface area contributed by atoms with Crippen molar-refractivity contribution in [3.63, 3.8) is 0 Å². The number of unbranched alkanes of at least 4 members (excludes halogenated alkanes) is 1. The molecule has 2 heteroatoms. The fourth-order valence-corrected chi connectivity index (χ4v) is 0.968. The third-order valence-electron chi connectivity index (χ3n) is 1.75. The number of nitrogens with zero attached hydrogens (tertiary/aromatic N) is 1. The molecule has 0 spiro atoms. The maximum absolute atomic E-state index is 12.5. The molecule has 0 radical (unpaired) electrons. The monoisotopic (exact) mass is 179 g/mol. The minimum absolute atomic E-state index is 0.203. The van der Waals surface area contributed by atoms with Crippen molar-refractivity contribution in [3.8, 4) is 0 Å². The maximum Gasteiger partial charge on any atom is 0.123 e. The molecular formula is C11H14FN. The van der Waals surface area contributed by atoms with E-state index in [1.807, 2.05) is 0 Å². The Kier molecular flexibility index (Phi) is 4.16. The second kappa shape index (κ2) is 5.46. The lowest BCUT2D eigenvalue weighted by Crippen LogP contribution is -1.84. The molecule has 0 saturated heterocycles. The van der Waals surface area contributed by atoms with Gasteiger partial charge in [0.1, 0.15) is 5.82 Å². The number of aliphatic imine (C=N–C) groups is 1. The van der Waals surface area contributed by atoms with E-state index in [1.165, 1.54) is 12.1 Å². The average molecular weight is 179 g/mol. The van der Waals surface area contributed by atoms with Crippen molar-refractivity contribution in [2.24, 2.45) is 4.99 Å². The summed E-state index contributed by atoms with van der Waals surface area (Å²) in [6.07, 6.45) is 4.05. The van der Waals surface area contributed by atoms with E-state index >= 15 is 0 Å². The van der Waals surface area contributed by atoms with Crippen LogP contribution in [0.15, 0.2) is 29.3 Å². The largest absolute Gasteiger partial charge is 0.293 e. The summed E-state index contributed by atoms with van der Waals surface area (Å²) in [4.78, 5) is 4.21. The van der Waals surface area contributed by atoms with Gasteiger partial charge in [0, 0.05) is 12.8 Å². The fourth-order valence-electron chi connectivity index (χ4n) is 0.968. The van der Waals surface area contributed by atoms with Gasteiger partial charge in [-0.05, 0) is 24.1 Å². The smallest absolute Gasteiger partial charge is 0.123 e. The van der Waals surface area contributed by atoms with Crippen LogP contribution in [0.5, 0.6) is 0 Å². The summed E-state index contributed by atoms with van der Waals surface area (Å²) in [7, 11) is 0. The second-order valence-electron chi connectivity index (χ2n) is 2.94. The summed E-state index contributed by atoms with van der Waals surface area (Å²) >= 11 is 0. The molecule has 0 bridgehead atoms. The molecule has 0 aliphatic carbocycles. The molecular weight excluding hydrogens is 165 g/mol. The van der Waals surface area contributed by atoms with E-state index in [1.54, 1.807) is 18.3 Å². The Morgan fingerprint density at radius 2 is 2.00 bits per heavy atom. The van der Waals surface area contributed by atoms with Gasteiger partial charge in [-0.25, -0.2) is 4.39 Å². The van der Waals surface area contributed by atoms with Crippen LogP contribution in [-0.4, -0.2) is 12.8 Å². The summed E-state index contributed by atoms with van der Waals surface area (Å²) < 4.78 is 12.5. The highest BCUT2D eigenvalue weighted by Gasteiger charge is 1.88. The standard InChI is InChI=1S/C11H14FN/c1-2-3-8-13-9-10-4-6-11(12)7-5-10/h4-7,9H,2-3,8H2,1H3/b13-9+. The molecule has 1 aromatic rings. The molecule has 70 valence electrons. The Hall–Kier alpha value is -1.18. The lowest BCUT2D eigenvalue weighted by atomic mass is 10.2. The van der Waals surface area contributed by atoms with Crippen LogP contribution in [0.2, 0.25) is 0 Å². The van der Waals surface area contributed by atoms with E-state index in [0.717, 1.165) is 24.9 Å². The van der Waals surface area contributed by atoms with Gasteiger partial charge in [0.05, 0.1) is 0 Å². The molecule has 13 heavy (non-hydrogen) atoms. The fraction of sp³-hybridized carbons (Fsp3) is 0.364. The molecule has 1 nitrogen and oxygen atoms in total. The lowest BCUT2D eigenvalue weighted by Gasteiger charge is -1.92. The Morgan fingerprint density at radius 3 is 2.62 bits per heavy atom. The topological polar surface area (TPSA) is 12.4 Å². The number of hydrogen-bond donors (Lipinski definition) is 0. The van der Waals surface area contributed by atoms with Crippen LogP contribution in [0.3, 0.4) is 0 Å². The Balaban J connectivity index is 2.44. The molecule has 0 aromatic heterocycles. The molecule has 0 atom stereocenters. The van der Waals surface area contributed by atoms with Crippen molar-refractivity contribution in [3.05, 3.63) is 35.6 Å². The van der Waals surface area contributed by atoms with Crippen LogP contribution in [0.1, 0.15) is 25.3 Å². The molecule has 0 aliphatic heterocycles. The number of hydrogen-bond acceptors (Lipinski definition) is 1. The van der Waals surface area contributed by atoms with Crippen LogP contribution < -0.4 is 0 Å². The minimum atomic E-state index is -0.203. The van der Waals surface area contributed by atoms with Crippen molar-refractivity contribution >= 4 is 6.21 Å². The van der Waals surface area contributed by atoms with Crippen LogP contribution in [0.4, 0.5) is 4.39 Å². The van der Waals surface area contributed by atoms with Crippen molar-refractivity contribution in [1.82, 2.24) is 0 Å². The molecule has 1 aromatic carbocycles. The number of rotatable bonds is 4. The van der Waals surface area contributed by atoms with E-state index in [9.17, 15) is 4.39 Å². The SMILES string of the molecule is CCCC/N=C/c1ccc(F)cc1. The zero-order valence-corrected chi connectivity index (χ0v) is 7.83. The average Bonchev–Trinajstić information content (AvgIpc) is 2.15. The van der Waals surface area contributed by atoms with Crippen molar-refractivity contribution in [2.45, 2.75) is 19.8 Å². The highest BCUT2D eigenvalue weighted by atomic mass is 19.1. The van der Waals surface area contributed by atoms with Gasteiger partial charge < -0.3 is 0 Å². The Labute approximate surface area is 78.3 Å². The third kappa shape index (κ3) is 3.83. The molecule has 0 saturated carbocycles. The second-order valence-corrected chi connectivity index (χ2v) is 2.94. The van der Waals surface area contributed by atoms with E-state index in [2.05, 4.69) is 11.9 Å². The van der Waals surface area contributed by atoms with Gasteiger partial charge in [-0.2, -0.15) is 0 Å². The zero-order valence-electron chi connectivity index (χ0n) is 7.83. The van der Waals surface area contributed by atoms with Gasteiger partial charge >= 0.3 is 0 Å². The Morgan fingerprint density at radius 1 is 1.31 bits per heavy atom. The van der Waals surface area contributed by atoms with Gasteiger partial charge in [-0.1, -0.05) is 25.5 Å². The van der Waals surface area contributed by atoms with Crippen LogP contribution in [0.25, 0.3) is 0 Å². The first-order valence-corrected chi connectivity index (χ1v) is 4.58. The first-order valence-electron chi connectivity index (χ1n) is 4.58. The highest BCUT2D eigenvalue weighted by Crippen LogP contribution is 1.99. The number of benzene rings is 1. The van der Waals surface area contributed by atoms with Gasteiger partial charge in [0.25, 0.3) is 0 Å². The normalized spacial score (nSPS) is 10.9. The quantitative estimate of drug-likeness (QED) is 0.497. The van der Waals surface area contributed by atoms with E-state index < -0.39 is 0 Å². The first-order chi connectivity index (χ1) is 6.33. The van der Waals surface area contributed by atoms with Gasteiger partial charge in [-0.3, -0.25) is 4.99 Å². The minimum Gasteiger partial charge on any atom is -0.293 e. The molecule has 0 amide bonds. The highest BCUT2D eigenvalue weighted by molar-refractivity contribution is 5.79. The van der Waals surface area contributed by atoms with Crippen molar-refractivity contribution in [2.75, 3.05) is 6.54 Å². The van der Waals surface area contributed by atoms with Crippen LogP contribution in [-0.2, 0) is 0 Å². The van der Waals surface area contributed by atoms with Crippen molar-refractivity contribution in [1.29, 1.82) is 0 Å². The first kappa shape index (κ1) is 9.90. The summed E-state index contributed by atoms with van der Waals surface area (Å²) in [5.74, 6) is -0.203. The predicted molar refractivity (Wildman–Crippen MR) is 53.8 cm³/mol. The predicted octanol–water partition coefficient (Wildman–Crippen LogP) is 3.04. The van der Waals surface area contributed by atoms with Gasteiger partial charge in [0.15, 0.2) is 0 Å². The summed E-state index contributed by atoms with van der Waals surface area (Å²) in [5, 5.41) is 0. The van der Waals surface area contributed by atoms with E-state index in [0.29, 0.717) is 0 Å². The third-order valence-corrected chi connectivity index (χ3v) is 1.75. The van der Waals surface area contributed by atoms with Crippen LogP contribution in [0, 0.1) is 5.82 Å². The molecule has 0 aliphatic rings. The molecule has 0 fully saturated rings. The van der Waals surface area contributed by atoms with Gasteiger partial charge in [-0.15, -0.1) is 0 Å². The summed E-state index contributed by atoms with van der Waals surface area (Å²) in [6, 6.07) is 6.35. The maximum atomic E-state index is 12.5. The Bertz CT molecular complexity index is 264. The zero-order chi connectivity index (χ0) is 9.52. The van der Waals surface area contributed by atoms with Crippen LogP contribution >= 0.6 is 0 Å². The summed E-state index contributed by atoms with van der Waals surface area (Å²) in [5.41, 5.74) is 0.956. The molecule has 0 unspecified atom stereocenters. The lowest BCUT2D eigenvalue weighted by molar-refractivity contribution is 0.628. The molecule has 0 N–H and O–H groups in total. The molecule has 0 heterocycles. The summed E-state index contributed by atoms with van der Waals surface area (Å²) in [6.45, 7) is 2.99. The van der Waals surface area contributed by atoms with E-state index in [-0.39, 0.29) is 5.82 Å². The van der Waals surface area contributed by atoms with Gasteiger partial charge in [0.2, 0.25) is 0 Å². The number of halogens is 1. The molecule has 1 rings (SSSR count). The van der Waals surface area contributed by atoms with E-state index in [4.69, 9.17) is 0 Å².